The van der Waals surface area contributed by atoms with Crippen LogP contribution in [0.5, 0.6) is 0 Å². The third-order valence-electron chi connectivity index (χ3n) is 8.52. The Morgan fingerprint density at radius 1 is 0.579 bits per heavy atom. The number of benzene rings is 6. The van der Waals surface area contributed by atoms with E-state index in [1.165, 1.54) is 70.9 Å². The number of rotatable bonds is 0. The normalized spacial score (nSPS) is 12.5. The van der Waals surface area contributed by atoms with E-state index >= 15 is 0 Å². The molecular weight excluding hydrogens is 464 g/mol. The molecule has 3 heterocycles. The minimum Gasteiger partial charge on any atom is -0.456 e. The molecule has 3 heteroatoms. The smallest absolute Gasteiger partial charge is 0.295 e. The molecule has 0 bridgehead atoms. The first-order valence-corrected chi connectivity index (χ1v) is 13.1. The van der Waals surface area contributed by atoms with Crippen LogP contribution in [-0.4, -0.2) is 4.40 Å². The average Bonchev–Trinajstić information content (AvgIpc) is 3.47. The highest BCUT2D eigenvalue weighted by Gasteiger charge is 2.25. The largest absolute Gasteiger partial charge is 0.456 e. The van der Waals surface area contributed by atoms with Crippen molar-refractivity contribution >= 4 is 81.8 Å². The Kier molecular flexibility index (Phi) is 3.67. The van der Waals surface area contributed by atoms with E-state index in [9.17, 15) is 0 Å². The molecule has 0 saturated heterocycles. The van der Waals surface area contributed by atoms with E-state index < -0.39 is 0 Å². The number of aromatic nitrogens is 2. The minimum atomic E-state index is 0.927. The van der Waals surface area contributed by atoms with Gasteiger partial charge in [0.1, 0.15) is 16.7 Å². The number of aryl methyl sites for hydroxylation is 2. The fourth-order valence-electron chi connectivity index (χ4n) is 6.83. The number of para-hydroxylation sites is 2. The van der Waals surface area contributed by atoms with Crippen molar-refractivity contribution in [3.05, 3.63) is 109 Å². The van der Waals surface area contributed by atoms with Gasteiger partial charge >= 0.3 is 0 Å². The van der Waals surface area contributed by atoms with Gasteiger partial charge in [0.05, 0.1) is 12.4 Å². The fraction of sp³-hybridized carbons (Fsp3) is 0.0571. The molecule has 0 N–H and O–H groups in total. The maximum absolute atomic E-state index is 6.55. The lowest BCUT2D eigenvalue weighted by Gasteiger charge is -2.08. The number of fused-ring (bicyclic) bond motifs is 15. The van der Waals surface area contributed by atoms with E-state index in [-0.39, 0.29) is 0 Å². The number of imidazole rings is 1. The summed E-state index contributed by atoms with van der Waals surface area (Å²) in [6, 6.07) is 37.4. The quantitative estimate of drug-likeness (QED) is 0.155. The standard InChI is InChI=1S/C35H23N2O/c1-20-8-7-11-24-26-19-32-27(18-30(26)37-29-13-6-5-12-28(29)36(2)35(37)33(20)24)34-25-15-14-21-9-3-4-10-22(21)23(25)16-17-31(34)38-32/h3-19H,1-2H3/q+1. The number of hydrogen-bond donors (Lipinski definition) is 0. The second-order valence-corrected chi connectivity index (χ2v) is 10.5. The highest BCUT2D eigenvalue weighted by atomic mass is 16.3. The molecule has 0 fully saturated rings. The van der Waals surface area contributed by atoms with E-state index in [0.29, 0.717) is 0 Å². The zero-order chi connectivity index (χ0) is 25.1. The van der Waals surface area contributed by atoms with Gasteiger partial charge in [-0.3, -0.25) is 0 Å². The van der Waals surface area contributed by atoms with Gasteiger partial charge in [-0.25, -0.2) is 4.57 Å². The molecule has 0 aliphatic rings. The predicted molar refractivity (Wildman–Crippen MR) is 158 cm³/mol. The van der Waals surface area contributed by atoms with Gasteiger partial charge in [-0.1, -0.05) is 72.8 Å². The van der Waals surface area contributed by atoms with E-state index in [4.69, 9.17) is 4.42 Å². The van der Waals surface area contributed by atoms with E-state index in [0.717, 1.165) is 16.6 Å². The Labute approximate surface area is 217 Å². The van der Waals surface area contributed by atoms with Crippen molar-refractivity contribution in [3.8, 4) is 0 Å². The van der Waals surface area contributed by atoms with Crippen LogP contribution in [0.3, 0.4) is 0 Å². The minimum absolute atomic E-state index is 0.927. The average molecular weight is 488 g/mol. The first-order valence-electron chi connectivity index (χ1n) is 13.1. The lowest BCUT2D eigenvalue weighted by Crippen LogP contribution is -2.27. The summed E-state index contributed by atoms with van der Waals surface area (Å²) >= 11 is 0. The monoisotopic (exact) mass is 487 g/mol. The van der Waals surface area contributed by atoms with Gasteiger partial charge in [0.25, 0.3) is 5.65 Å². The zero-order valence-electron chi connectivity index (χ0n) is 21.1. The molecule has 9 rings (SSSR count). The van der Waals surface area contributed by atoms with Gasteiger partial charge in [-0.2, -0.15) is 4.40 Å². The Balaban J connectivity index is 1.57. The molecule has 38 heavy (non-hydrogen) atoms. The number of furan rings is 1. The number of nitrogens with zero attached hydrogens (tertiary/aromatic N) is 2. The van der Waals surface area contributed by atoms with Crippen molar-refractivity contribution in [1.29, 1.82) is 0 Å². The van der Waals surface area contributed by atoms with Gasteiger partial charge in [-0.15, -0.1) is 0 Å². The molecule has 178 valence electrons. The van der Waals surface area contributed by atoms with Crippen molar-refractivity contribution in [2.45, 2.75) is 6.92 Å². The summed E-state index contributed by atoms with van der Waals surface area (Å²) in [5, 5.41) is 11.1. The summed E-state index contributed by atoms with van der Waals surface area (Å²) < 4.78 is 11.3. The van der Waals surface area contributed by atoms with Crippen molar-refractivity contribution in [3.63, 3.8) is 0 Å². The van der Waals surface area contributed by atoms with E-state index in [2.05, 4.69) is 126 Å². The zero-order valence-corrected chi connectivity index (χ0v) is 21.1. The van der Waals surface area contributed by atoms with Gasteiger partial charge < -0.3 is 4.42 Å². The van der Waals surface area contributed by atoms with E-state index in [1.807, 2.05) is 0 Å². The molecule has 0 aliphatic carbocycles. The van der Waals surface area contributed by atoms with Gasteiger partial charge in [0.2, 0.25) is 0 Å². The molecule has 0 spiro atoms. The summed E-state index contributed by atoms with van der Waals surface area (Å²) in [4.78, 5) is 0. The first-order chi connectivity index (χ1) is 18.7. The topological polar surface area (TPSA) is 21.4 Å². The van der Waals surface area contributed by atoms with E-state index in [1.54, 1.807) is 0 Å². The SMILES string of the molecule is Cc1cccc2c3cc4oc5ccc6c7ccccc7ccc6c5c4cc3n3c4ccccc4[n+](C)c3c12. The van der Waals surface area contributed by atoms with Crippen molar-refractivity contribution in [2.75, 3.05) is 0 Å². The molecule has 3 aromatic heterocycles. The molecule has 0 saturated carbocycles. The third-order valence-corrected chi connectivity index (χ3v) is 8.52. The molecule has 0 amide bonds. The van der Waals surface area contributed by atoms with Crippen LogP contribution in [0, 0.1) is 6.92 Å². The molecule has 9 aromatic rings. The molecule has 0 radical (unpaired) electrons. The Morgan fingerprint density at radius 2 is 1.37 bits per heavy atom. The summed E-state index contributed by atoms with van der Waals surface area (Å²) in [6.07, 6.45) is 0. The number of pyridine rings is 1. The van der Waals surface area contributed by atoms with Crippen LogP contribution in [0.1, 0.15) is 5.56 Å². The Morgan fingerprint density at radius 3 is 2.32 bits per heavy atom. The molecule has 3 nitrogen and oxygen atoms in total. The van der Waals surface area contributed by atoms with Gasteiger partial charge in [0.15, 0.2) is 11.0 Å². The van der Waals surface area contributed by atoms with Crippen LogP contribution in [0.15, 0.2) is 108 Å². The number of hydrogen-bond acceptors (Lipinski definition) is 1. The van der Waals surface area contributed by atoms with Crippen molar-refractivity contribution in [1.82, 2.24) is 4.40 Å². The highest BCUT2D eigenvalue weighted by molar-refractivity contribution is 6.26. The molecule has 0 unspecified atom stereocenters. The predicted octanol–water partition coefficient (Wildman–Crippen LogP) is 8.74. The van der Waals surface area contributed by atoms with Gasteiger partial charge in [0, 0.05) is 21.5 Å². The van der Waals surface area contributed by atoms with Crippen LogP contribution in [0.25, 0.3) is 81.8 Å². The Hall–Kier alpha value is -4.89. The van der Waals surface area contributed by atoms with Crippen LogP contribution >= 0.6 is 0 Å². The molecular formula is C35H23N2O+. The third kappa shape index (κ3) is 2.37. The van der Waals surface area contributed by atoms with Crippen LogP contribution in [-0.2, 0) is 7.05 Å². The lowest BCUT2D eigenvalue weighted by atomic mass is 9.97. The lowest BCUT2D eigenvalue weighted by molar-refractivity contribution is -0.617. The summed E-state index contributed by atoms with van der Waals surface area (Å²) in [5.41, 5.74) is 7.98. The van der Waals surface area contributed by atoms with Crippen LogP contribution in [0.4, 0.5) is 0 Å². The maximum Gasteiger partial charge on any atom is 0.295 e. The molecule has 6 aromatic carbocycles. The van der Waals surface area contributed by atoms with Crippen molar-refractivity contribution in [2.24, 2.45) is 7.05 Å². The fourth-order valence-corrected chi connectivity index (χ4v) is 6.83. The van der Waals surface area contributed by atoms with Crippen LogP contribution < -0.4 is 4.57 Å². The summed E-state index contributed by atoms with van der Waals surface area (Å²) in [6.45, 7) is 2.21. The first kappa shape index (κ1) is 20.2. The van der Waals surface area contributed by atoms with Crippen LogP contribution in [0.2, 0.25) is 0 Å². The maximum atomic E-state index is 6.55. The molecule has 0 atom stereocenters. The highest BCUT2D eigenvalue weighted by Crippen LogP contribution is 2.41. The molecule has 0 aliphatic heterocycles. The summed E-state index contributed by atoms with van der Waals surface area (Å²) in [5.74, 6) is 0. The second-order valence-electron chi connectivity index (χ2n) is 10.5. The Bertz CT molecular complexity index is 2480. The summed E-state index contributed by atoms with van der Waals surface area (Å²) in [7, 11) is 2.18. The van der Waals surface area contributed by atoms with Gasteiger partial charge in [-0.05, 0) is 64.4 Å². The second kappa shape index (κ2) is 6.90. The van der Waals surface area contributed by atoms with Crippen molar-refractivity contribution < 1.29 is 8.98 Å².